The number of aromatic nitrogens is 1. The number of allylic oxidation sites excluding steroid dienone is 2. The molecule has 1 aromatic heterocycles. The van der Waals surface area contributed by atoms with Crippen LogP contribution < -0.4 is 4.74 Å². The second-order valence-electron chi connectivity index (χ2n) is 9.61. The van der Waals surface area contributed by atoms with Gasteiger partial charge in [-0.1, -0.05) is 42.5 Å². The number of nitrogens with zero attached hydrogens (tertiary/aromatic N) is 1. The predicted molar refractivity (Wildman–Crippen MR) is 136 cm³/mol. The largest absolute Gasteiger partial charge is 0.425 e. The molecule has 0 spiro atoms. The molecule has 3 rings (SSSR count). The number of hydrogen-bond acceptors (Lipinski definition) is 6. The fraction of sp³-hybridized carbons (Fsp3) is 0.517. The molecule has 0 unspecified atom stereocenters. The number of pyridine rings is 1. The van der Waals surface area contributed by atoms with Gasteiger partial charge in [-0.25, -0.2) is 0 Å². The van der Waals surface area contributed by atoms with Crippen LogP contribution in [-0.2, 0) is 11.2 Å². The molecule has 0 bridgehead atoms. The molecular weight excluding hydrogens is 442 g/mol. The van der Waals surface area contributed by atoms with Crippen molar-refractivity contribution in [3.05, 3.63) is 72.1 Å². The van der Waals surface area contributed by atoms with Gasteiger partial charge in [-0.15, -0.1) is 0 Å². The summed E-state index contributed by atoms with van der Waals surface area (Å²) in [5.74, 6) is 0.201. The third-order valence-electron chi connectivity index (χ3n) is 6.97. The van der Waals surface area contributed by atoms with E-state index in [9.17, 15) is 20.1 Å². The van der Waals surface area contributed by atoms with Gasteiger partial charge in [-0.05, 0) is 87.8 Å². The lowest BCUT2D eigenvalue weighted by Crippen LogP contribution is -2.23. The number of esters is 1. The molecule has 3 N–H and O–H groups in total. The molecule has 6 heteroatoms. The monoisotopic (exact) mass is 481 g/mol. The van der Waals surface area contributed by atoms with E-state index >= 15 is 0 Å². The summed E-state index contributed by atoms with van der Waals surface area (Å²) in [4.78, 5) is 16.1. The van der Waals surface area contributed by atoms with Crippen LogP contribution in [0.2, 0.25) is 0 Å². The Hall–Kier alpha value is -2.54. The molecule has 0 aliphatic heterocycles. The zero-order valence-electron chi connectivity index (χ0n) is 20.6. The Morgan fingerprint density at radius 3 is 2.63 bits per heavy atom. The highest BCUT2D eigenvalue weighted by Crippen LogP contribution is 2.38. The third-order valence-corrected chi connectivity index (χ3v) is 6.97. The summed E-state index contributed by atoms with van der Waals surface area (Å²) in [6, 6.07) is 13.6. The first-order valence-electron chi connectivity index (χ1n) is 12.8. The molecule has 1 saturated carbocycles. The zero-order valence-corrected chi connectivity index (χ0v) is 20.6. The molecule has 1 aromatic carbocycles. The summed E-state index contributed by atoms with van der Waals surface area (Å²) in [6.07, 6.45) is 9.95. The third kappa shape index (κ3) is 8.88. The summed E-state index contributed by atoms with van der Waals surface area (Å²) in [6.45, 7) is 1.80. The van der Waals surface area contributed by atoms with Gasteiger partial charge in [0.1, 0.15) is 0 Å². The van der Waals surface area contributed by atoms with Crippen molar-refractivity contribution in [2.24, 2.45) is 11.8 Å². The first-order valence-corrected chi connectivity index (χ1v) is 12.8. The number of hydrogen-bond donors (Lipinski definition) is 3. The van der Waals surface area contributed by atoms with Crippen LogP contribution in [0.1, 0.15) is 62.6 Å². The Labute approximate surface area is 208 Å². The van der Waals surface area contributed by atoms with Crippen LogP contribution in [0.4, 0.5) is 0 Å². The summed E-state index contributed by atoms with van der Waals surface area (Å²) >= 11 is 0. The van der Waals surface area contributed by atoms with Crippen molar-refractivity contribution in [1.82, 2.24) is 4.98 Å². The number of unbranched alkanes of at least 4 members (excludes halogenated alkanes) is 1. The minimum atomic E-state index is -0.532. The average Bonchev–Trinajstić information content (AvgIpc) is 3.12. The second-order valence-corrected chi connectivity index (χ2v) is 9.61. The number of ether oxygens (including phenoxy) is 1. The van der Waals surface area contributed by atoms with Gasteiger partial charge < -0.3 is 20.1 Å². The Kier molecular flexibility index (Phi) is 10.9. The van der Waals surface area contributed by atoms with Crippen LogP contribution in [-0.4, -0.2) is 44.6 Å². The lowest BCUT2D eigenvalue weighted by Gasteiger charge is -2.23. The van der Waals surface area contributed by atoms with Gasteiger partial charge >= 0.3 is 5.97 Å². The fourth-order valence-electron chi connectivity index (χ4n) is 4.90. The van der Waals surface area contributed by atoms with E-state index in [0.717, 1.165) is 12.8 Å². The summed E-state index contributed by atoms with van der Waals surface area (Å²) in [5, 5.41) is 31.4. The van der Waals surface area contributed by atoms with Gasteiger partial charge in [0.05, 0.1) is 24.0 Å². The number of carbonyl (C=O) groups excluding carboxylic acids is 1. The number of rotatable bonds is 13. The number of aliphatic hydroxyl groups excluding tert-OH is 3. The van der Waals surface area contributed by atoms with Gasteiger partial charge in [0, 0.05) is 12.6 Å². The van der Waals surface area contributed by atoms with Crippen LogP contribution >= 0.6 is 0 Å². The SMILES string of the molecule is Cc1ncccc1OC(=O)CCC/C=C\C[C@@H]1[C@@H](CC[C@@H](O)CCc2ccccc2)[C@H](O)C[C@@H]1O. The summed E-state index contributed by atoms with van der Waals surface area (Å²) in [7, 11) is 0. The molecule has 1 aliphatic rings. The minimum absolute atomic E-state index is 0.0129. The van der Waals surface area contributed by atoms with E-state index < -0.39 is 18.3 Å². The van der Waals surface area contributed by atoms with Crippen molar-refractivity contribution >= 4 is 5.97 Å². The van der Waals surface area contributed by atoms with E-state index in [4.69, 9.17) is 4.74 Å². The van der Waals surface area contributed by atoms with Gasteiger partial charge in [0.2, 0.25) is 0 Å². The van der Waals surface area contributed by atoms with Crippen LogP contribution in [0.3, 0.4) is 0 Å². The van der Waals surface area contributed by atoms with Crippen molar-refractivity contribution in [1.29, 1.82) is 0 Å². The van der Waals surface area contributed by atoms with Crippen molar-refractivity contribution in [3.8, 4) is 5.75 Å². The molecule has 1 aliphatic carbocycles. The summed E-state index contributed by atoms with van der Waals surface area (Å²) in [5.41, 5.74) is 1.91. The highest BCUT2D eigenvalue weighted by atomic mass is 16.5. The zero-order chi connectivity index (χ0) is 25.0. The first kappa shape index (κ1) is 27.1. The van der Waals surface area contributed by atoms with Gasteiger partial charge in [0.25, 0.3) is 0 Å². The number of benzene rings is 1. The molecule has 2 aromatic rings. The Bertz CT molecular complexity index is 932. The molecule has 1 fully saturated rings. The van der Waals surface area contributed by atoms with Crippen LogP contribution in [0, 0.1) is 18.8 Å². The molecule has 6 nitrogen and oxygen atoms in total. The van der Waals surface area contributed by atoms with Crippen molar-refractivity contribution in [2.75, 3.05) is 0 Å². The normalized spacial score (nSPS) is 23.0. The van der Waals surface area contributed by atoms with Gasteiger partial charge in [-0.3, -0.25) is 9.78 Å². The number of aliphatic hydroxyl groups is 3. The quantitative estimate of drug-likeness (QED) is 0.221. The average molecular weight is 482 g/mol. The van der Waals surface area contributed by atoms with E-state index in [1.807, 2.05) is 30.4 Å². The topological polar surface area (TPSA) is 99.9 Å². The molecule has 1 heterocycles. The highest BCUT2D eigenvalue weighted by molar-refractivity contribution is 5.72. The first-order chi connectivity index (χ1) is 16.9. The molecule has 0 amide bonds. The van der Waals surface area contributed by atoms with E-state index in [-0.39, 0.29) is 17.8 Å². The predicted octanol–water partition coefficient (Wildman–Crippen LogP) is 4.54. The minimum Gasteiger partial charge on any atom is -0.425 e. The fourth-order valence-corrected chi connectivity index (χ4v) is 4.90. The summed E-state index contributed by atoms with van der Waals surface area (Å²) < 4.78 is 5.35. The van der Waals surface area contributed by atoms with E-state index in [0.29, 0.717) is 56.4 Å². The molecule has 0 saturated heterocycles. The Balaban J connectivity index is 1.36. The lowest BCUT2D eigenvalue weighted by molar-refractivity contribution is -0.134. The Morgan fingerprint density at radius 1 is 1.09 bits per heavy atom. The van der Waals surface area contributed by atoms with Gasteiger partial charge in [0.15, 0.2) is 5.75 Å². The van der Waals surface area contributed by atoms with Crippen LogP contribution in [0.5, 0.6) is 5.75 Å². The molecule has 5 atom stereocenters. The maximum Gasteiger partial charge on any atom is 0.311 e. The highest BCUT2D eigenvalue weighted by Gasteiger charge is 2.40. The smallest absolute Gasteiger partial charge is 0.311 e. The van der Waals surface area contributed by atoms with Crippen molar-refractivity contribution < 1.29 is 24.9 Å². The van der Waals surface area contributed by atoms with E-state index in [1.165, 1.54) is 5.56 Å². The van der Waals surface area contributed by atoms with Crippen LogP contribution in [0.25, 0.3) is 0 Å². The lowest BCUT2D eigenvalue weighted by atomic mass is 9.85. The maximum atomic E-state index is 12.0. The molecule has 190 valence electrons. The molecule has 0 radical (unpaired) electrons. The van der Waals surface area contributed by atoms with Gasteiger partial charge in [-0.2, -0.15) is 0 Å². The van der Waals surface area contributed by atoms with E-state index in [1.54, 1.807) is 25.3 Å². The van der Waals surface area contributed by atoms with Crippen LogP contribution in [0.15, 0.2) is 60.8 Å². The second kappa shape index (κ2) is 14.1. The van der Waals surface area contributed by atoms with Crippen molar-refractivity contribution in [3.63, 3.8) is 0 Å². The maximum absolute atomic E-state index is 12.0. The Morgan fingerprint density at radius 2 is 1.86 bits per heavy atom. The number of carbonyl (C=O) groups is 1. The van der Waals surface area contributed by atoms with Crippen molar-refractivity contribution in [2.45, 2.75) is 83.0 Å². The van der Waals surface area contributed by atoms with E-state index in [2.05, 4.69) is 17.1 Å². The standard InChI is InChI=1S/C29H39NO5/c1-21-28(13-9-19-30-21)35-29(34)14-8-3-2-7-12-24-25(27(33)20-26(24)32)18-17-23(31)16-15-22-10-5-4-6-11-22/h2,4-7,9-11,13,19,23-27,31-33H,3,8,12,14-18,20H2,1H3/b7-2-/t23-,24+,25+,26-,27+/m0/s1. The molecular formula is C29H39NO5. The molecule has 35 heavy (non-hydrogen) atoms. The number of aryl methyl sites for hydroxylation is 2.